The van der Waals surface area contributed by atoms with Gasteiger partial charge in [0.2, 0.25) is 0 Å². The number of nitrogens with zero attached hydrogens (tertiary/aromatic N) is 3. The molecule has 0 aromatic carbocycles. The minimum Gasteiger partial charge on any atom is -0.450 e. The standard InChI is InChI=1S/C16H18ClN3O2/c1-2-22-15(21)20-13-3-4-14(20)7-16(6-13,10-18)11-5-12(17)9-19-8-11/h5,8-9,13-14H,2-4,6-7H2,1H3. The molecule has 3 heterocycles. The van der Waals surface area contributed by atoms with E-state index in [-0.39, 0.29) is 18.2 Å². The van der Waals surface area contributed by atoms with Gasteiger partial charge in [-0.15, -0.1) is 0 Å². The molecule has 2 unspecified atom stereocenters. The minimum atomic E-state index is -0.618. The van der Waals surface area contributed by atoms with Crippen molar-refractivity contribution in [3.63, 3.8) is 0 Å². The molecule has 0 aliphatic carbocycles. The lowest BCUT2D eigenvalue weighted by molar-refractivity contribution is 0.0610. The van der Waals surface area contributed by atoms with Gasteiger partial charge in [0.1, 0.15) is 0 Å². The van der Waals surface area contributed by atoms with Crippen molar-refractivity contribution in [1.29, 1.82) is 5.26 Å². The Morgan fingerprint density at radius 3 is 2.73 bits per heavy atom. The molecular weight excluding hydrogens is 302 g/mol. The van der Waals surface area contributed by atoms with Crippen LogP contribution in [0.5, 0.6) is 0 Å². The predicted octanol–water partition coefficient (Wildman–Crippen LogP) is 3.28. The number of hydrogen-bond donors (Lipinski definition) is 0. The highest BCUT2D eigenvalue weighted by atomic mass is 35.5. The molecule has 2 bridgehead atoms. The molecule has 2 saturated heterocycles. The van der Waals surface area contributed by atoms with E-state index in [0.29, 0.717) is 24.5 Å². The smallest absolute Gasteiger partial charge is 0.410 e. The zero-order chi connectivity index (χ0) is 15.7. The lowest BCUT2D eigenvalue weighted by Gasteiger charge is -2.42. The first kappa shape index (κ1) is 15.1. The van der Waals surface area contributed by atoms with Crippen LogP contribution in [0, 0.1) is 11.3 Å². The Hall–Kier alpha value is -1.80. The van der Waals surface area contributed by atoms with E-state index in [9.17, 15) is 10.1 Å². The van der Waals surface area contributed by atoms with Crippen molar-refractivity contribution in [1.82, 2.24) is 9.88 Å². The molecule has 116 valence electrons. The Morgan fingerprint density at radius 2 is 2.18 bits per heavy atom. The van der Waals surface area contributed by atoms with Gasteiger partial charge < -0.3 is 9.64 Å². The molecule has 0 saturated carbocycles. The lowest BCUT2D eigenvalue weighted by Crippen LogP contribution is -2.51. The fourth-order valence-corrected chi connectivity index (χ4v) is 3.98. The first-order chi connectivity index (χ1) is 10.6. The topological polar surface area (TPSA) is 66.2 Å². The average molecular weight is 320 g/mol. The highest BCUT2D eigenvalue weighted by molar-refractivity contribution is 6.30. The van der Waals surface area contributed by atoms with Crippen LogP contribution in [0.15, 0.2) is 18.5 Å². The molecule has 2 aliphatic heterocycles. The number of aromatic nitrogens is 1. The second-order valence-electron chi connectivity index (χ2n) is 5.99. The van der Waals surface area contributed by atoms with Gasteiger partial charge in [0.25, 0.3) is 0 Å². The molecule has 2 atom stereocenters. The molecule has 1 aromatic rings. The fraction of sp³-hybridized carbons (Fsp3) is 0.562. The van der Waals surface area contributed by atoms with E-state index in [2.05, 4.69) is 11.1 Å². The number of piperidine rings is 1. The lowest BCUT2D eigenvalue weighted by atomic mass is 9.71. The highest BCUT2D eigenvalue weighted by Gasteiger charge is 2.51. The van der Waals surface area contributed by atoms with Crippen molar-refractivity contribution in [2.45, 2.75) is 50.1 Å². The fourth-order valence-electron chi connectivity index (χ4n) is 3.81. The quantitative estimate of drug-likeness (QED) is 0.839. The monoisotopic (exact) mass is 319 g/mol. The van der Waals surface area contributed by atoms with E-state index in [1.165, 1.54) is 0 Å². The van der Waals surface area contributed by atoms with Gasteiger partial charge in [-0.25, -0.2) is 4.79 Å². The molecule has 0 N–H and O–H groups in total. The summed E-state index contributed by atoms with van der Waals surface area (Å²) in [5, 5.41) is 10.4. The molecule has 3 rings (SSSR count). The molecule has 22 heavy (non-hydrogen) atoms. The Balaban J connectivity index is 1.90. The summed E-state index contributed by atoms with van der Waals surface area (Å²) in [6, 6.07) is 4.40. The number of ether oxygens (including phenoxy) is 1. The van der Waals surface area contributed by atoms with Crippen molar-refractivity contribution in [3.05, 3.63) is 29.0 Å². The first-order valence-electron chi connectivity index (χ1n) is 7.57. The number of amides is 1. The average Bonchev–Trinajstić information content (AvgIpc) is 2.79. The second kappa shape index (κ2) is 5.77. The Bertz CT molecular complexity index is 614. The normalized spacial score (nSPS) is 30.0. The maximum absolute atomic E-state index is 12.1. The molecule has 0 spiro atoms. The van der Waals surface area contributed by atoms with Crippen molar-refractivity contribution in [2.24, 2.45) is 0 Å². The van der Waals surface area contributed by atoms with Gasteiger partial charge in [0.15, 0.2) is 0 Å². The third-order valence-corrected chi connectivity index (χ3v) is 4.94. The minimum absolute atomic E-state index is 0.0523. The third-order valence-electron chi connectivity index (χ3n) is 4.74. The molecule has 5 nitrogen and oxygen atoms in total. The number of pyridine rings is 1. The van der Waals surface area contributed by atoms with Crippen LogP contribution in [0.3, 0.4) is 0 Å². The number of rotatable bonds is 2. The van der Waals surface area contributed by atoms with E-state index in [1.807, 2.05) is 11.0 Å². The number of carbonyl (C=O) groups is 1. The van der Waals surface area contributed by atoms with Crippen LogP contribution in [0.4, 0.5) is 4.79 Å². The molecular formula is C16H18ClN3O2. The van der Waals surface area contributed by atoms with Crippen LogP contribution in [0.2, 0.25) is 5.02 Å². The van der Waals surface area contributed by atoms with Crippen molar-refractivity contribution < 1.29 is 9.53 Å². The Labute approximate surface area is 134 Å². The summed E-state index contributed by atoms with van der Waals surface area (Å²) in [5.41, 5.74) is 0.232. The SMILES string of the molecule is CCOC(=O)N1C2CCC1CC(C#N)(c1cncc(Cl)c1)C2. The van der Waals surface area contributed by atoms with Crippen LogP contribution < -0.4 is 0 Å². The van der Waals surface area contributed by atoms with Crippen LogP contribution in [0.25, 0.3) is 0 Å². The Morgan fingerprint density at radius 1 is 1.50 bits per heavy atom. The number of fused-ring (bicyclic) bond motifs is 2. The molecule has 2 fully saturated rings. The van der Waals surface area contributed by atoms with Crippen LogP contribution in [-0.2, 0) is 10.2 Å². The van der Waals surface area contributed by atoms with Gasteiger partial charge >= 0.3 is 6.09 Å². The predicted molar refractivity (Wildman–Crippen MR) is 81.4 cm³/mol. The summed E-state index contributed by atoms with van der Waals surface area (Å²) in [7, 11) is 0. The summed E-state index contributed by atoms with van der Waals surface area (Å²) in [4.78, 5) is 18.1. The maximum atomic E-state index is 12.1. The van der Waals surface area contributed by atoms with Crippen LogP contribution in [0.1, 0.15) is 38.2 Å². The van der Waals surface area contributed by atoms with Gasteiger partial charge in [0.05, 0.1) is 23.1 Å². The van der Waals surface area contributed by atoms with Gasteiger partial charge in [0, 0.05) is 24.5 Å². The Kier molecular flexibility index (Phi) is 3.96. The van der Waals surface area contributed by atoms with Gasteiger partial charge in [-0.1, -0.05) is 11.6 Å². The number of carbonyl (C=O) groups excluding carboxylic acids is 1. The number of nitriles is 1. The summed E-state index contributed by atoms with van der Waals surface area (Å²) >= 11 is 6.04. The van der Waals surface area contributed by atoms with Crippen LogP contribution >= 0.6 is 11.6 Å². The van der Waals surface area contributed by atoms with Gasteiger partial charge in [-0.2, -0.15) is 5.26 Å². The summed E-state index contributed by atoms with van der Waals surface area (Å²) in [5.74, 6) is 0. The maximum Gasteiger partial charge on any atom is 0.410 e. The second-order valence-corrected chi connectivity index (χ2v) is 6.42. The zero-order valence-electron chi connectivity index (χ0n) is 12.5. The van der Waals surface area contributed by atoms with Crippen LogP contribution in [-0.4, -0.2) is 34.7 Å². The third kappa shape index (κ3) is 2.42. The molecule has 2 aliphatic rings. The van der Waals surface area contributed by atoms with E-state index in [4.69, 9.17) is 16.3 Å². The van der Waals surface area contributed by atoms with Crippen molar-refractivity contribution >= 4 is 17.7 Å². The van der Waals surface area contributed by atoms with Crippen molar-refractivity contribution in [2.75, 3.05) is 6.61 Å². The molecule has 1 amide bonds. The zero-order valence-corrected chi connectivity index (χ0v) is 13.2. The summed E-state index contributed by atoms with van der Waals surface area (Å²) < 4.78 is 5.16. The van der Waals surface area contributed by atoms with Crippen molar-refractivity contribution in [3.8, 4) is 6.07 Å². The molecule has 0 radical (unpaired) electrons. The highest BCUT2D eigenvalue weighted by Crippen LogP contribution is 2.47. The first-order valence-corrected chi connectivity index (χ1v) is 7.95. The number of halogens is 1. The van der Waals surface area contributed by atoms with E-state index < -0.39 is 5.41 Å². The summed E-state index contributed by atoms with van der Waals surface area (Å²) in [6.07, 6.45) is 6.09. The van der Waals surface area contributed by atoms with E-state index in [0.717, 1.165) is 18.4 Å². The van der Waals surface area contributed by atoms with Gasteiger partial charge in [-0.3, -0.25) is 4.98 Å². The molecule has 6 heteroatoms. The van der Waals surface area contributed by atoms with Gasteiger partial charge in [-0.05, 0) is 44.2 Å². The van der Waals surface area contributed by atoms with E-state index in [1.54, 1.807) is 19.3 Å². The summed E-state index contributed by atoms with van der Waals surface area (Å²) in [6.45, 7) is 2.18. The van der Waals surface area contributed by atoms with E-state index >= 15 is 0 Å². The molecule has 1 aromatic heterocycles. The largest absolute Gasteiger partial charge is 0.450 e. The number of hydrogen-bond acceptors (Lipinski definition) is 4.